The highest BCUT2D eigenvalue weighted by Gasteiger charge is 2.30. The SMILES string of the molecule is BC(NC(C)(C)C)C(B)(B)CC(=O)O. The molecule has 2 N–H and O–H groups in total. The number of hydrogen-bond acceptors (Lipinski definition) is 2. The van der Waals surface area contributed by atoms with Crippen LogP contribution in [0.4, 0.5) is 0 Å². The van der Waals surface area contributed by atoms with Crippen molar-refractivity contribution in [2.45, 2.75) is 43.9 Å². The van der Waals surface area contributed by atoms with Crippen molar-refractivity contribution < 1.29 is 9.90 Å². The van der Waals surface area contributed by atoms with Crippen molar-refractivity contribution in [2.75, 3.05) is 0 Å². The molecular weight excluding hydrogens is 175 g/mol. The molecule has 0 saturated heterocycles. The minimum Gasteiger partial charge on any atom is -0.481 e. The van der Waals surface area contributed by atoms with E-state index in [1.807, 2.05) is 23.5 Å². The molecule has 0 spiro atoms. The number of nitrogens with one attached hydrogen (secondary N) is 1. The van der Waals surface area contributed by atoms with Crippen molar-refractivity contribution in [2.24, 2.45) is 0 Å². The zero-order valence-electron chi connectivity index (χ0n) is 10.1. The van der Waals surface area contributed by atoms with Crippen LogP contribution in [-0.4, -0.2) is 46.1 Å². The van der Waals surface area contributed by atoms with Crippen LogP contribution in [-0.2, 0) is 4.79 Å². The third-order valence-corrected chi connectivity index (χ3v) is 2.43. The van der Waals surface area contributed by atoms with Crippen LogP contribution in [0.25, 0.3) is 0 Å². The van der Waals surface area contributed by atoms with E-state index in [0.717, 1.165) is 0 Å². The van der Waals surface area contributed by atoms with Crippen LogP contribution in [0.15, 0.2) is 0 Å². The van der Waals surface area contributed by atoms with E-state index in [9.17, 15) is 4.79 Å². The minimum atomic E-state index is -0.738. The molecule has 0 aliphatic carbocycles. The van der Waals surface area contributed by atoms with Crippen molar-refractivity contribution in [3.05, 3.63) is 0 Å². The van der Waals surface area contributed by atoms with Crippen LogP contribution in [0.2, 0.25) is 5.21 Å². The number of aliphatic carboxylic acids is 1. The van der Waals surface area contributed by atoms with E-state index in [-0.39, 0.29) is 23.1 Å². The zero-order chi connectivity index (χ0) is 11.6. The number of hydrogen-bond donors (Lipinski definition) is 2. The van der Waals surface area contributed by atoms with Crippen LogP contribution < -0.4 is 5.32 Å². The van der Waals surface area contributed by atoms with Gasteiger partial charge in [-0.25, -0.2) is 0 Å². The van der Waals surface area contributed by atoms with E-state index in [0.29, 0.717) is 0 Å². The Balaban J connectivity index is 4.35. The van der Waals surface area contributed by atoms with Crippen molar-refractivity contribution in [3.63, 3.8) is 0 Å². The summed E-state index contributed by atoms with van der Waals surface area (Å²) < 4.78 is 0. The number of carboxylic acids is 1. The van der Waals surface area contributed by atoms with Gasteiger partial charge in [-0.1, -0.05) is 5.21 Å². The third-order valence-electron chi connectivity index (χ3n) is 2.43. The van der Waals surface area contributed by atoms with E-state index >= 15 is 0 Å². The summed E-state index contributed by atoms with van der Waals surface area (Å²) in [6, 6.07) is 0. The first-order valence-electron chi connectivity index (χ1n) is 5.04. The van der Waals surface area contributed by atoms with Crippen molar-refractivity contribution in [1.29, 1.82) is 0 Å². The number of carbonyl (C=O) groups is 1. The predicted molar refractivity (Wildman–Crippen MR) is 67.3 cm³/mol. The average molecular weight is 195 g/mol. The molecule has 0 fully saturated rings. The summed E-state index contributed by atoms with van der Waals surface area (Å²) in [5.74, 6) is -0.559. The lowest BCUT2D eigenvalue weighted by molar-refractivity contribution is -0.137. The molecule has 1 atom stereocenters. The minimum absolute atomic E-state index is 0.0230. The Hall–Kier alpha value is -0.375. The smallest absolute Gasteiger partial charge is 0.302 e. The lowest BCUT2D eigenvalue weighted by atomic mass is 9.45. The fraction of sp³-hybridized carbons (Fsp3) is 0.875. The van der Waals surface area contributed by atoms with Crippen LogP contribution in [0, 0.1) is 0 Å². The molecule has 14 heavy (non-hydrogen) atoms. The second-order valence-electron chi connectivity index (χ2n) is 5.68. The van der Waals surface area contributed by atoms with E-state index in [1.54, 1.807) is 0 Å². The molecule has 0 bridgehead atoms. The Morgan fingerprint density at radius 1 is 1.43 bits per heavy atom. The van der Waals surface area contributed by atoms with Gasteiger partial charge in [0.1, 0.15) is 23.5 Å². The zero-order valence-corrected chi connectivity index (χ0v) is 10.1. The molecule has 78 valence electrons. The fourth-order valence-corrected chi connectivity index (χ4v) is 1.39. The van der Waals surface area contributed by atoms with Gasteiger partial charge in [0.05, 0.1) is 0 Å². The molecule has 0 aromatic carbocycles. The molecule has 0 aliphatic heterocycles. The summed E-state index contributed by atoms with van der Waals surface area (Å²) in [7, 11) is 5.99. The van der Waals surface area contributed by atoms with Gasteiger partial charge >= 0.3 is 5.97 Å². The Labute approximate surface area is 89.3 Å². The van der Waals surface area contributed by atoms with Gasteiger partial charge in [-0.15, -0.1) is 0 Å². The van der Waals surface area contributed by atoms with Gasteiger partial charge in [0.25, 0.3) is 0 Å². The Kier molecular flexibility index (Phi) is 4.31. The number of rotatable bonds is 4. The summed E-state index contributed by atoms with van der Waals surface area (Å²) in [6.45, 7) is 6.25. The first-order chi connectivity index (χ1) is 6.04. The van der Waals surface area contributed by atoms with Gasteiger partial charge in [0, 0.05) is 12.0 Å². The van der Waals surface area contributed by atoms with Gasteiger partial charge in [-0.2, -0.15) is 0 Å². The normalized spacial score (nSPS) is 15.1. The maximum absolute atomic E-state index is 10.7. The summed E-state index contributed by atoms with van der Waals surface area (Å²) in [5, 5.41) is 11.9. The fourth-order valence-electron chi connectivity index (χ4n) is 1.39. The lowest BCUT2D eigenvalue weighted by Gasteiger charge is -2.37. The van der Waals surface area contributed by atoms with Crippen molar-refractivity contribution in [1.82, 2.24) is 5.32 Å². The van der Waals surface area contributed by atoms with Gasteiger partial charge in [0.2, 0.25) is 0 Å². The van der Waals surface area contributed by atoms with E-state index < -0.39 is 5.97 Å². The maximum Gasteiger partial charge on any atom is 0.302 e. The second kappa shape index (κ2) is 4.43. The van der Waals surface area contributed by atoms with Gasteiger partial charge < -0.3 is 10.4 Å². The Bertz CT molecular complexity index is 213. The van der Waals surface area contributed by atoms with Gasteiger partial charge in [-0.05, 0) is 26.7 Å². The molecule has 3 nitrogen and oxygen atoms in total. The topological polar surface area (TPSA) is 49.3 Å². The standard InChI is InChI=1S/C8H20B3NO2/c1-7(2,3)12-6(9)8(10,11)4-5(13)14/h6,12H,4,9-11H2,1-3H3,(H,13,14). The molecule has 1 unspecified atom stereocenters. The van der Waals surface area contributed by atoms with E-state index in [2.05, 4.69) is 26.1 Å². The molecule has 0 heterocycles. The first-order valence-corrected chi connectivity index (χ1v) is 5.04. The van der Waals surface area contributed by atoms with Crippen molar-refractivity contribution >= 4 is 29.5 Å². The largest absolute Gasteiger partial charge is 0.481 e. The third kappa shape index (κ3) is 5.38. The molecule has 0 rings (SSSR count). The summed E-state index contributed by atoms with van der Waals surface area (Å²) >= 11 is 0. The van der Waals surface area contributed by atoms with Crippen LogP contribution in [0.5, 0.6) is 0 Å². The molecular formula is C8H20B3NO2. The molecule has 0 aromatic heterocycles. The Morgan fingerprint density at radius 3 is 2.14 bits per heavy atom. The molecule has 0 saturated carbocycles. The molecule has 6 heteroatoms. The first kappa shape index (κ1) is 13.6. The average Bonchev–Trinajstić information content (AvgIpc) is 1.79. The van der Waals surface area contributed by atoms with E-state index in [4.69, 9.17) is 5.11 Å². The molecule has 0 aliphatic rings. The summed E-state index contributed by atoms with van der Waals surface area (Å²) in [5.41, 5.74) is 0.0230. The molecule has 0 aromatic rings. The van der Waals surface area contributed by atoms with Crippen LogP contribution >= 0.6 is 0 Å². The maximum atomic E-state index is 10.7. The monoisotopic (exact) mass is 195 g/mol. The second-order valence-corrected chi connectivity index (χ2v) is 5.68. The lowest BCUT2D eigenvalue weighted by Crippen LogP contribution is -2.51. The Morgan fingerprint density at radius 2 is 1.86 bits per heavy atom. The number of carboxylic acid groups (broad SMARTS) is 1. The quantitative estimate of drug-likeness (QED) is 0.519. The molecule has 0 radical (unpaired) electrons. The van der Waals surface area contributed by atoms with Crippen molar-refractivity contribution in [3.8, 4) is 0 Å². The predicted octanol–water partition coefficient (Wildman–Crippen LogP) is -1.81. The highest BCUT2D eigenvalue weighted by molar-refractivity contribution is 6.44. The highest BCUT2D eigenvalue weighted by Crippen LogP contribution is 2.25. The summed E-state index contributed by atoms with van der Waals surface area (Å²) in [4.78, 5) is 10.7. The van der Waals surface area contributed by atoms with E-state index in [1.165, 1.54) is 0 Å². The molecule has 0 amide bonds. The van der Waals surface area contributed by atoms with Gasteiger partial charge in [0.15, 0.2) is 0 Å². The highest BCUT2D eigenvalue weighted by atomic mass is 16.4. The summed E-state index contributed by atoms with van der Waals surface area (Å²) in [6.07, 6.45) is 0.192. The van der Waals surface area contributed by atoms with Crippen LogP contribution in [0.3, 0.4) is 0 Å². The van der Waals surface area contributed by atoms with Crippen LogP contribution in [0.1, 0.15) is 27.2 Å². The van der Waals surface area contributed by atoms with Gasteiger partial charge in [-0.3, -0.25) is 4.79 Å².